The van der Waals surface area contributed by atoms with Crippen molar-refractivity contribution in [3.05, 3.63) is 40.3 Å². The Bertz CT molecular complexity index is 809. The molecule has 1 fully saturated rings. The second-order valence-corrected chi connectivity index (χ2v) is 6.50. The van der Waals surface area contributed by atoms with Crippen molar-refractivity contribution in [1.82, 2.24) is 14.7 Å². The highest BCUT2D eigenvalue weighted by molar-refractivity contribution is 6.04. The molecule has 3 rings (SSSR count). The van der Waals surface area contributed by atoms with Crippen molar-refractivity contribution in [2.45, 2.75) is 33.2 Å². The number of hydrogen-bond donors (Lipinski definition) is 0. The number of rotatable bonds is 6. The van der Waals surface area contributed by atoms with Gasteiger partial charge in [0.15, 0.2) is 5.69 Å². The zero-order valence-electron chi connectivity index (χ0n) is 14.9. The molecule has 0 bridgehead atoms. The van der Waals surface area contributed by atoms with Gasteiger partial charge >= 0.3 is 0 Å². The Morgan fingerprint density at radius 1 is 1.32 bits per heavy atom. The molecule has 25 heavy (non-hydrogen) atoms. The maximum atomic E-state index is 13.2. The molecule has 6 nitrogen and oxygen atoms in total. The average Bonchev–Trinajstić information content (AvgIpc) is 3.15. The van der Waals surface area contributed by atoms with Crippen LogP contribution in [0.4, 0.5) is 0 Å². The Morgan fingerprint density at radius 2 is 2.08 bits per heavy atom. The third-order valence-corrected chi connectivity index (χ3v) is 4.68. The topological polar surface area (TPSA) is 64.4 Å². The molecule has 1 aromatic carbocycles. The van der Waals surface area contributed by atoms with E-state index < -0.39 is 0 Å². The summed E-state index contributed by atoms with van der Waals surface area (Å²) < 4.78 is 6.84. The Balaban J connectivity index is 2.01. The molecular weight excluding hydrogens is 318 g/mol. The van der Waals surface area contributed by atoms with Gasteiger partial charge in [-0.3, -0.25) is 9.59 Å². The molecule has 0 N–H and O–H groups in total. The van der Waals surface area contributed by atoms with E-state index in [0.717, 1.165) is 19.4 Å². The number of nitrogens with zero attached hydrogens (tertiary/aromatic N) is 3. The average molecular weight is 343 g/mol. The predicted octanol–water partition coefficient (Wildman–Crippen LogP) is 2.31. The van der Waals surface area contributed by atoms with E-state index in [4.69, 9.17) is 4.74 Å². The molecule has 134 valence electrons. The maximum absolute atomic E-state index is 13.2. The predicted molar refractivity (Wildman–Crippen MR) is 96.8 cm³/mol. The minimum Gasteiger partial charge on any atom is -0.381 e. The highest BCUT2D eigenvalue weighted by Crippen LogP contribution is 2.18. The number of aryl methyl sites for hydroxylation is 1. The highest BCUT2D eigenvalue weighted by Gasteiger charge is 2.25. The van der Waals surface area contributed by atoms with Crippen molar-refractivity contribution in [2.24, 2.45) is 5.92 Å². The summed E-state index contributed by atoms with van der Waals surface area (Å²) in [5.41, 5.74) is 0.227. The van der Waals surface area contributed by atoms with Gasteiger partial charge in [-0.15, -0.1) is 0 Å². The summed E-state index contributed by atoms with van der Waals surface area (Å²) in [6, 6.07) is 7.23. The number of hydrogen-bond acceptors (Lipinski definition) is 4. The van der Waals surface area contributed by atoms with Crippen LogP contribution < -0.4 is 5.56 Å². The summed E-state index contributed by atoms with van der Waals surface area (Å²) in [6.45, 7) is 7.20. The van der Waals surface area contributed by atoms with Crippen LogP contribution in [0.3, 0.4) is 0 Å². The fraction of sp³-hybridized carbons (Fsp3) is 0.526. The minimum atomic E-state index is -0.138. The first-order valence-electron chi connectivity index (χ1n) is 9.02. The molecule has 1 saturated heterocycles. The van der Waals surface area contributed by atoms with Crippen LogP contribution >= 0.6 is 0 Å². The second kappa shape index (κ2) is 7.78. The summed E-state index contributed by atoms with van der Waals surface area (Å²) in [5, 5.41) is 5.60. The Morgan fingerprint density at radius 3 is 2.72 bits per heavy atom. The standard InChI is InChI=1S/C19H25N3O3/c1-3-10-22-18(23)16-8-6-5-7-15(16)17(20-22)19(24)21(4-2)12-14-9-11-25-13-14/h5-8,14H,3-4,9-13H2,1-2H3/t14-/m1/s1. The van der Waals surface area contributed by atoms with E-state index in [2.05, 4.69) is 5.10 Å². The van der Waals surface area contributed by atoms with Gasteiger partial charge in [-0.25, -0.2) is 4.68 Å². The van der Waals surface area contributed by atoms with E-state index in [1.807, 2.05) is 30.9 Å². The summed E-state index contributed by atoms with van der Waals surface area (Å²) in [6.07, 6.45) is 1.77. The quantitative estimate of drug-likeness (QED) is 0.807. The van der Waals surface area contributed by atoms with Gasteiger partial charge < -0.3 is 9.64 Å². The molecule has 1 aliphatic heterocycles. The second-order valence-electron chi connectivity index (χ2n) is 6.50. The number of carbonyl (C=O) groups excluding carboxylic acids is 1. The van der Waals surface area contributed by atoms with Crippen LogP contribution in [0.1, 0.15) is 37.2 Å². The van der Waals surface area contributed by atoms with Crippen molar-refractivity contribution >= 4 is 16.7 Å². The fourth-order valence-electron chi connectivity index (χ4n) is 3.30. The van der Waals surface area contributed by atoms with E-state index in [1.165, 1.54) is 4.68 Å². The summed E-state index contributed by atoms with van der Waals surface area (Å²) >= 11 is 0. The Hall–Kier alpha value is -2.21. The van der Waals surface area contributed by atoms with Crippen molar-refractivity contribution in [3.63, 3.8) is 0 Å². The molecule has 0 spiro atoms. The van der Waals surface area contributed by atoms with Crippen molar-refractivity contribution in [3.8, 4) is 0 Å². The molecule has 1 amide bonds. The lowest BCUT2D eigenvalue weighted by atomic mass is 10.1. The van der Waals surface area contributed by atoms with E-state index in [0.29, 0.717) is 48.6 Å². The van der Waals surface area contributed by atoms with Crippen molar-refractivity contribution in [1.29, 1.82) is 0 Å². The number of fused-ring (bicyclic) bond motifs is 1. The summed E-state index contributed by atoms with van der Waals surface area (Å²) in [7, 11) is 0. The van der Waals surface area contributed by atoms with E-state index in [-0.39, 0.29) is 11.5 Å². The molecule has 1 atom stereocenters. The molecule has 0 aliphatic carbocycles. The lowest BCUT2D eigenvalue weighted by Crippen LogP contribution is -2.37. The molecule has 1 aliphatic rings. The van der Waals surface area contributed by atoms with Gasteiger partial charge in [0.1, 0.15) is 0 Å². The largest absolute Gasteiger partial charge is 0.381 e. The molecule has 1 aromatic heterocycles. The van der Waals surface area contributed by atoms with Gasteiger partial charge in [0.05, 0.1) is 12.0 Å². The number of aromatic nitrogens is 2. The Kier molecular flexibility index (Phi) is 5.48. The van der Waals surface area contributed by atoms with E-state index >= 15 is 0 Å². The van der Waals surface area contributed by atoms with Gasteiger partial charge in [0, 0.05) is 37.5 Å². The monoisotopic (exact) mass is 343 g/mol. The molecule has 0 saturated carbocycles. The first-order valence-corrected chi connectivity index (χ1v) is 9.02. The number of benzene rings is 1. The molecule has 2 aromatic rings. The molecule has 0 unspecified atom stereocenters. The van der Waals surface area contributed by atoms with Crippen LogP contribution in [0.2, 0.25) is 0 Å². The molecule has 0 radical (unpaired) electrons. The smallest absolute Gasteiger partial charge is 0.274 e. The van der Waals surface area contributed by atoms with Gasteiger partial charge in [-0.2, -0.15) is 5.10 Å². The van der Waals surface area contributed by atoms with Crippen LogP contribution in [-0.4, -0.2) is 46.9 Å². The van der Waals surface area contributed by atoms with Gasteiger partial charge in [0.2, 0.25) is 0 Å². The number of ether oxygens (including phenoxy) is 1. The SMILES string of the molecule is CCCn1nc(C(=O)N(CC)C[C@H]2CCOC2)c2ccccc2c1=O. The van der Waals surface area contributed by atoms with E-state index in [9.17, 15) is 9.59 Å². The van der Waals surface area contributed by atoms with Crippen LogP contribution in [-0.2, 0) is 11.3 Å². The van der Waals surface area contributed by atoms with Crippen LogP contribution in [0, 0.1) is 5.92 Å². The van der Waals surface area contributed by atoms with Gasteiger partial charge in [0.25, 0.3) is 11.5 Å². The minimum absolute atomic E-state index is 0.115. The zero-order chi connectivity index (χ0) is 17.8. The van der Waals surface area contributed by atoms with Crippen LogP contribution in [0.5, 0.6) is 0 Å². The lowest BCUT2D eigenvalue weighted by molar-refractivity contribution is 0.0724. The molecule has 2 heterocycles. The highest BCUT2D eigenvalue weighted by atomic mass is 16.5. The summed E-state index contributed by atoms with van der Waals surface area (Å²) in [5.74, 6) is 0.257. The van der Waals surface area contributed by atoms with Crippen LogP contribution in [0.25, 0.3) is 10.8 Å². The number of amides is 1. The first kappa shape index (κ1) is 17.6. The lowest BCUT2D eigenvalue weighted by Gasteiger charge is -2.24. The molecule has 6 heteroatoms. The van der Waals surface area contributed by atoms with Crippen molar-refractivity contribution in [2.75, 3.05) is 26.3 Å². The first-order chi connectivity index (χ1) is 12.2. The van der Waals surface area contributed by atoms with Crippen LogP contribution in [0.15, 0.2) is 29.1 Å². The fourth-order valence-corrected chi connectivity index (χ4v) is 3.30. The van der Waals surface area contributed by atoms with Crippen molar-refractivity contribution < 1.29 is 9.53 Å². The van der Waals surface area contributed by atoms with Gasteiger partial charge in [-0.05, 0) is 25.8 Å². The molecular formula is C19H25N3O3. The van der Waals surface area contributed by atoms with E-state index in [1.54, 1.807) is 12.1 Å². The third kappa shape index (κ3) is 3.58. The van der Waals surface area contributed by atoms with Gasteiger partial charge in [-0.1, -0.05) is 25.1 Å². The third-order valence-electron chi connectivity index (χ3n) is 4.68. The number of carbonyl (C=O) groups is 1. The zero-order valence-corrected chi connectivity index (χ0v) is 14.9. The Labute approximate surface area is 147 Å². The normalized spacial score (nSPS) is 17.1. The maximum Gasteiger partial charge on any atom is 0.274 e. The summed E-state index contributed by atoms with van der Waals surface area (Å²) in [4.78, 5) is 27.5.